The van der Waals surface area contributed by atoms with E-state index < -0.39 is 0 Å². The summed E-state index contributed by atoms with van der Waals surface area (Å²) in [6.07, 6.45) is 6.24. The van der Waals surface area contributed by atoms with Gasteiger partial charge in [-0.15, -0.1) is 0 Å². The summed E-state index contributed by atoms with van der Waals surface area (Å²) in [4.78, 5) is 2.60. The molecule has 4 atom stereocenters. The first-order chi connectivity index (χ1) is 12.4. The van der Waals surface area contributed by atoms with Crippen molar-refractivity contribution in [2.75, 3.05) is 19.6 Å². The molecule has 1 aromatic heterocycles. The maximum absolute atomic E-state index is 13.1. The van der Waals surface area contributed by atoms with Crippen molar-refractivity contribution in [3.63, 3.8) is 0 Å². The van der Waals surface area contributed by atoms with E-state index >= 15 is 0 Å². The smallest absolute Gasteiger partial charge is 0.123 e. The molecule has 1 N–H and O–H groups in total. The van der Waals surface area contributed by atoms with Crippen LogP contribution in [0.3, 0.4) is 0 Å². The Bertz CT molecular complexity index is 727. The van der Waals surface area contributed by atoms with Gasteiger partial charge in [0.15, 0.2) is 0 Å². The maximum Gasteiger partial charge on any atom is 0.123 e. The molecular formula is C21H28FN3O. The van der Waals surface area contributed by atoms with E-state index in [0.29, 0.717) is 5.92 Å². The zero-order valence-corrected chi connectivity index (χ0v) is 15.8. The van der Waals surface area contributed by atoms with E-state index in [1.807, 2.05) is 12.4 Å². The SMILES string of the molecule is CC(CN1C[C@]2(C)CC(Oc3ccc(F)cc3)C[C@]2(C)C1)c1cn[nH]c1. The number of benzene rings is 1. The largest absolute Gasteiger partial charge is 0.490 e. The van der Waals surface area contributed by atoms with E-state index in [0.717, 1.165) is 38.2 Å². The molecule has 1 saturated heterocycles. The van der Waals surface area contributed by atoms with Gasteiger partial charge in [0.1, 0.15) is 11.6 Å². The molecule has 2 fully saturated rings. The summed E-state index contributed by atoms with van der Waals surface area (Å²) in [5, 5.41) is 6.99. The summed E-state index contributed by atoms with van der Waals surface area (Å²) < 4.78 is 19.3. The van der Waals surface area contributed by atoms with Gasteiger partial charge in [-0.1, -0.05) is 20.8 Å². The Kier molecular flexibility index (Phi) is 4.30. The Morgan fingerprint density at radius 1 is 1.23 bits per heavy atom. The van der Waals surface area contributed by atoms with Crippen LogP contribution in [0.15, 0.2) is 36.7 Å². The van der Waals surface area contributed by atoms with Crippen LogP contribution in [-0.4, -0.2) is 40.8 Å². The predicted molar refractivity (Wildman–Crippen MR) is 99.7 cm³/mol. The number of nitrogens with zero attached hydrogens (tertiary/aromatic N) is 2. The van der Waals surface area contributed by atoms with Crippen LogP contribution in [0.25, 0.3) is 0 Å². The average molecular weight is 357 g/mol. The monoisotopic (exact) mass is 357 g/mol. The zero-order chi connectivity index (χ0) is 18.4. The normalized spacial score (nSPS) is 32.5. The maximum atomic E-state index is 13.1. The summed E-state index contributed by atoms with van der Waals surface area (Å²) in [5.74, 6) is 1.03. The predicted octanol–water partition coefficient (Wildman–Crippen LogP) is 4.22. The number of aromatic amines is 1. The van der Waals surface area contributed by atoms with Gasteiger partial charge in [-0.05, 0) is 59.4 Å². The van der Waals surface area contributed by atoms with Crippen molar-refractivity contribution in [3.05, 3.63) is 48.0 Å². The van der Waals surface area contributed by atoms with Crippen LogP contribution in [0.1, 0.15) is 45.1 Å². The minimum Gasteiger partial charge on any atom is -0.490 e. The molecule has 4 rings (SSSR count). The van der Waals surface area contributed by atoms with E-state index in [-0.39, 0.29) is 22.8 Å². The number of hydrogen-bond donors (Lipinski definition) is 1. The third-order valence-corrected chi connectivity index (χ3v) is 6.70. The van der Waals surface area contributed by atoms with Gasteiger partial charge in [0.2, 0.25) is 0 Å². The van der Waals surface area contributed by atoms with Crippen molar-refractivity contribution in [1.29, 1.82) is 0 Å². The molecule has 26 heavy (non-hydrogen) atoms. The molecule has 5 heteroatoms. The Hall–Kier alpha value is -1.88. The Morgan fingerprint density at radius 3 is 2.46 bits per heavy atom. The quantitative estimate of drug-likeness (QED) is 0.871. The molecule has 2 aromatic rings. The lowest BCUT2D eigenvalue weighted by Gasteiger charge is -2.32. The first-order valence-corrected chi connectivity index (χ1v) is 9.50. The lowest BCUT2D eigenvalue weighted by molar-refractivity contribution is 0.168. The van der Waals surface area contributed by atoms with Crippen LogP contribution >= 0.6 is 0 Å². The van der Waals surface area contributed by atoms with E-state index in [1.165, 1.54) is 17.7 Å². The number of ether oxygens (including phenoxy) is 1. The third-order valence-electron chi connectivity index (χ3n) is 6.70. The highest BCUT2D eigenvalue weighted by molar-refractivity contribution is 5.23. The van der Waals surface area contributed by atoms with Gasteiger partial charge >= 0.3 is 0 Å². The van der Waals surface area contributed by atoms with Crippen LogP contribution < -0.4 is 4.74 Å². The van der Waals surface area contributed by atoms with Gasteiger partial charge in [0, 0.05) is 25.8 Å². The standard InChI is InChI=1S/C21H28FN3O/c1-15(16-10-23-24-11-16)12-25-13-20(2)8-19(9-21(20,3)14-25)26-18-6-4-17(22)5-7-18/h4-7,10-11,15,19H,8-9,12-14H2,1-3H3,(H,23,24)/t15?,19?,20-,21+. The average Bonchev–Trinajstić information content (AvgIpc) is 3.22. The first-order valence-electron chi connectivity index (χ1n) is 9.50. The van der Waals surface area contributed by atoms with Gasteiger partial charge in [-0.3, -0.25) is 5.10 Å². The van der Waals surface area contributed by atoms with Crippen molar-refractivity contribution in [1.82, 2.24) is 15.1 Å². The van der Waals surface area contributed by atoms with E-state index in [2.05, 4.69) is 35.9 Å². The molecule has 1 aliphatic carbocycles. The molecular weight excluding hydrogens is 329 g/mol. The number of fused-ring (bicyclic) bond motifs is 1. The van der Waals surface area contributed by atoms with Crippen molar-refractivity contribution in [2.45, 2.75) is 45.6 Å². The van der Waals surface area contributed by atoms with Gasteiger partial charge in [-0.2, -0.15) is 5.10 Å². The molecule has 2 heterocycles. The molecule has 4 nitrogen and oxygen atoms in total. The number of hydrogen-bond acceptors (Lipinski definition) is 3. The Morgan fingerprint density at radius 2 is 1.88 bits per heavy atom. The zero-order valence-electron chi connectivity index (χ0n) is 15.8. The molecule has 1 aliphatic heterocycles. The first kappa shape index (κ1) is 17.5. The fourth-order valence-electron chi connectivity index (χ4n) is 5.06. The highest BCUT2D eigenvalue weighted by Crippen LogP contribution is 2.58. The number of halogens is 1. The second-order valence-electron chi connectivity index (χ2n) is 8.83. The van der Waals surface area contributed by atoms with Crippen molar-refractivity contribution < 1.29 is 9.13 Å². The Labute approximate surface area is 154 Å². The number of H-pyrrole nitrogens is 1. The molecule has 2 unspecified atom stereocenters. The highest BCUT2D eigenvalue weighted by Gasteiger charge is 2.58. The Balaban J connectivity index is 1.39. The third kappa shape index (κ3) is 3.13. The van der Waals surface area contributed by atoms with Gasteiger partial charge in [-0.25, -0.2) is 4.39 Å². The summed E-state index contributed by atoms with van der Waals surface area (Å²) in [6, 6.07) is 6.39. The fourth-order valence-corrected chi connectivity index (χ4v) is 5.06. The molecule has 2 aliphatic rings. The molecule has 0 bridgehead atoms. The minimum atomic E-state index is -0.220. The number of rotatable bonds is 5. The number of likely N-dealkylation sites (tertiary alicyclic amines) is 1. The van der Waals surface area contributed by atoms with Crippen LogP contribution in [0.5, 0.6) is 5.75 Å². The number of aromatic nitrogens is 2. The molecule has 0 spiro atoms. The van der Waals surface area contributed by atoms with Gasteiger partial charge in [0.25, 0.3) is 0 Å². The van der Waals surface area contributed by atoms with Crippen LogP contribution in [-0.2, 0) is 0 Å². The van der Waals surface area contributed by atoms with Crippen molar-refractivity contribution in [2.24, 2.45) is 10.8 Å². The highest BCUT2D eigenvalue weighted by atomic mass is 19.1. The number of nitrogens with one attached hydrogen (secondary N) is 1. The summed E-state index contributed by atoms with van der Waals surface area (Å²) in [6.45, 7) is 10.4. The second-order valence-corrected chi connectivity index (χ2v) is 8.83. The summed E-state index contributed by atoms with van der Waals surface area (Å²) in [5.41, 5.74) is 1.79. The van der Waals surface area contributed by atoms with E-state index in [4.69, 9.17) is 4.74 Å². The second kappa shape index (κ2) is 6.38. The van der Waals surface area contributed by atoms with Gasteiger partial charge < -0.3 is 9.64 Å². The van der Waals surface area contributed by atoms with Crippen LogP contribution in [0.2, 0.25) is 0 Å². The van der Waals surface area contributed by atoms with Crippen LogP contribution in [0.4, 0.5) is 4.39 Å². The summed E-state index contributed by atoms with van der Waals surface area (Å²) in [7, 11) is 0. The van der Waals surface area contributed by atoms with E-state index in [9.17, 15) is 4.39 Å². The summed E-state index contributed by atoms with van der Waals surface area (Å²) >= 11 is 0. The van der Waals surface area contributed by atoms with Crippen molar-refractivity contribution in [3.8, 4) is 5.75 Å². The lowest BCUT2D eigenvalue weighted by atomic mass is 9.71. The topological polar surface area (TPSA) is 41.1 Å². The minimum absolute atomic E-state index is 0.212. The van der Waals surface area contributed by atoms with E-state index in [1.54, 1.807) is 12.1 Å². The molecule has 0 radical (unpaired) electrons. The molecule has 1 saturated carbocycles. The van der Waals surface area contributed by atoms with Gasteiger partial charge in [0.05, 0.1) is 12.3 Å². The van der Waals surface area contributed by atoms with Crippen molar-refractivity contribution >= 4 is 0 Å². The molecule has 140 valence electrons. The lowest BCUT2D eigenvalue weighted by Crippen LogP contribution is -2.30. The molecule has 0 amide bonds. The fraction of sp³-hybridized carbons (Fsp3) is 0.571. The van der Waals surface area contributed by atoms with Crippen LogP contribution in [0, 0.1) is 16.6 Å². The molecule has 1 aromatic carbocycles.